The smallest absolute Gasteiger partial charge is 0.205 e. The fourth-order valence-corrected chi connectivity index (χ4v) is 2.61. The van der Waals surface area contributed by atoms with E-state index in [9.17, 15) is 9.90 Å². The molecule has 0 aromatic heterocycles. The maximum Gasteiger partial charge on any atom is 0.205 e. The third kappa shape index (κ3) is 2.56. The molecule has 2 aromatic rings. The summed E-state index contributed by atoms with van der Waals surface area (Å²) in [5, 5.41) is 12.5. The van der Waals surface area contributed by atoms with Gasteiger partial charge >= 0.3 is 0 Å². The van der Waals surface area contributed by atoms with Crippen LogP contribution in [0.25, 0.3) is 22.6 Å². The summed E-state index contributed by atoms with van der Waals surface area (Å²) < 4.78 is 5.78. The van der Waals surface area contributed by atoms with Crippen LogP contribution in [0.1, 0.15) is 5.56 Å². The van der Waals surface area contributed by atoms with Gasteiger partial charge < -0.3 is 14.8 Å². The summed E-state index contributed by atoms with van der Waals surface area (Å²) in [6.45, 7) is 1.99. The van der Waals surface area contributed by atoms with E-state index in [0.717, 1.165) is 11.1 Å². The molecular formula is C19H14N2O3. The van der Waals surface area contributed by atoms with Crippen molar-refractivity contribution in [2.75, 3.05) is 5.32 Å². The first-order valence-electron chi connectivity index (χ1n) is 7.50. The lowest BCUT2D eigenvalue weighted by Gasteiger charge is -2.10. The van der Waals surface area contributed by atoms with Crippen molar-refractivity contribution in [2.24, 2.45) is 0 Å². The number of phenolic OH excluding ortho intramolecular Hbond substituents is 1. The van der Waals surface area contributed by atoms with Crippen molar-refractivity contribution >= 4 is 22.5 Å². The molecule has 5 nitrogen and oxygen atoms in total. The van der Waals surface area contributed by atoms with Crippen LogP contribution in [0.3, 0.4) is 0 Å². The quantitative estimate of drug-likeness (QED) is 0.545. The molecule has 0 amide bonds. The van der Waals surface area contributed by atoms with Gasteiger partial charge in [-0.15, -0.1) is 0 Å². The van der Waals surface area contributed by atoms with Gasteiger partial charge in [-0.1, -0.05) is 12.1 Å². The molecule has 0 bridgehead atoms. The second kappa shape index (κ2) is 5.38. The predicted molar refractivity (Wildman–Crippen MR) is 93.0 cm³/mol. The monoisotopic (exact) mass is 318 g/mol. The summed E-state index contributed by atoms with van der Waals surface area (Å²) in [5.74, 6) is 0.570. The Hall–Kier alpha value is -3.34. The molecule has 2 aromatic carbocycles. The molecule has 0 saturated carbocycles. The van der Waals surface area contributed by atoms with E-state index in [1.54, 1.807) is 30.3 Å². The Morgan fingerprint density at radius 1 is 1.08 bits per heavy atom. The zero-order valence-corrected chi connectivity index (χ0v) is 12.9. The van der Waals surface area contributed by atoms with Gasteiger partial charge in [-0.2, -0.15) is 0 Å². The van der Waals surface area contributed by atoms with Crippen LogP contribution in [0.2, 0.25) is 0 Å². The molecule has 1 heterocycles. The van der Waals surface area contributed by atoms with Crippen LogP contribution in [-0.4, -0.2) is 10.1 Å². The Kier molecular flexibility index (Phi) is 3.20. The van der Waals surface area contributed by atoms with Crippen LogP contribution in [0, 0.1) is 6.92 Å². The highest BCUT2D eigenvalue weighted by atomic mass is 16.3. The zero-order valence-electron chi connectivity index (χ0n) is 12.9. The molecule has 0 atom stereocenters. The first-order chi connectivity index (χ1) is 11.6. The zero-order chi connectivity index (χ0) is 16.7. The lowest BCUT2D eigenvalue weighted by molar-refractivity contribution is 0.475. The molecule has 5 heteroatoms. The summed E-state index contributed by atoms with van der Waals surface area (Å²) in [6, 6.07) is 15.4. The van der Waals surface area contributed by atoms with E-state index in [4.69, 9.17) is 4.42 Å². The highest BCUT2D eigenvalue weighted by Gasteiger charge is 2.13. The summed E-state index contributed by atoms with van der Waals surface area (Å²) >= 11 is 0. The minimum atomic E-state index is -0.206. The largest absolute Gasteiger partial charge is 0.508 e. The highest BCUT2D eigenvalue weighted by molar-refractivity contribution is 5.78. The number of hydrogen-bond donors (Lipinski definition) is 2. The van der Waals surface area contributed by atoms with Crippen molar-refractivity contribution in [3.8, 4) is 17.2 Å². The average molecular weight is 318 g/mol. The second-order valence-corrected chi connectivity index (χ2v) is 5.68. The van der Waals surface area contributed by atoms with E-state index >= 15 is 0 Å². The number of hydrogen-bond acceptors (Lipinski definition) is 5. The molecule has 0 radical (unpaired) electrons. The maximum atomic E-state index is 12.3. The summed E-state index contributed by atoms with van der Waals surface area (Å²) in [5.41, 5.74) is 3.86. The number of aryl methyl sites for hydroxylation is 1. The Morgan fingerprint density at radius 2 is 1.96 bits per heavy atom. The summed E-state index contributed by atoms with van der Waals surface area (Å²) in [4.78, 5) is 16.9. The number of nitrogens with one attached hydrogen (secondary N) is 1. The Balaban J connectivity index is 1.85. The van der Waals surface area contributed by atoms with Gasteiger partial charge in [-0.25, -0.2) is 4.98 Å². The third-order valence-electron chi connectivity index (χ3n) is 3.76. The molecule has 2 N–H and O–H groups in total. The number of aromatic nitrogens is 1. The van der Waals surface area contributed by atoms with Crippen molar-refractivity contribution in [1.82, 2.24) is 4.98 Å². The maximum absolute atomic E-state index is 12.3. The van der Waals surface area contributed by atoms with Crippen molar-refractivity contribution in [3.63, 3.8) is 0 Å². The van der Waals surface area contributed by atoms with Crippen molar-refractivity contribution in [1.29, 1.82) is 0 Å². The summed E-state index contributed by atoms with van der Waals surface area (Å²) in [7, 11) is 0. The summed E-state index contributed by atoms with van der Waals surface area (Å²) in [6.07, 6.45) is 0. The molecule has 0 unspecified atom stereocenters. The fraction of sp³-hybridized carbons (Fsp3) is 0.0526. The van der Waals surface area contributed by atoms with Gasteiger partial charge in [0.1, 0.15) is 17.0 Å². The minimum Gasteiger partial charge on any atom is -0.508 e. The molecule has 0 saturated heterocycles. The van der Waals surface area contributed by atoms with Gasteiger partial charge in [-0.05, 0) is 42.8 Å². The van der Waals surface area contributed by atoms with E-state index in [0.29, 0.717) is 28.4 Å². The Morgan fingerprint density at radius 3 is 2.79 bits per heavy atom. The first kappa shape index (κ1) is 14.3. The van der Waals surface area contributed by atoms with Gasteiger partial charge in [0.05, 0.1) is 5.69 Å². The molecule has 24 heavy (non-hydrogen) atoms. The van der Waals surface area contributed by atoms with E-state index in [2.05, 4.69) is 10.3 Å². The van der Waals surface area contributed by atoms with Gasteiger partial charge in [0.2, 0.25) is 5.43 Å². The molecular weight excluding hydrogens is 304 g/mol. The van der Waals surface area contributed by atoms with Crippen molar-refractivity contribution in [3.05, 3.63) is 70.4 Å². The van der Waals surface area contributed by atoms with Crippen LogP contribution in [0.4, 0.5) is 11.4 Å². The lowest BCUT2D eigenvalue weighted by Crippen LogP contribution is -2.08. The first-order valence-corrected chi connectivity index (χ1v) is 7.50. The van der Waals surface area contributed by atoms with Gasteiger partial charge in [0, 0.05) is 17.8 Å². The normalized spacial score (nSPS) is 11.0. The van der Waals surface area contributed by atoms with Crippen LogP contribution in [-0.2, 0) is 0 Å². The van der Waals surface area contributed by atoms with Crippen LogP contribution >= 0.6 is 0 Å². The van der Waals surface area contributed by atoms with Crippen LogP contribution in [0.15, 0.2) is 63.8 Å². The van der Waals surface area contributed by atoms with Crippen molar-refractivity contribution < 1.29 is 9.52 Å². The van der Waals surface area contributed by atoms with Crippen LogP contribution < -0.4 is 10.7 Å². The van der Waals surface area contributed by atoms with E-state index in [-0.39, 0.29) is 11.2 Å². The molecule has 0 spiro atoms. The number of aromatic hydroxyl groups is 1. The predicted octanol–water partition coefficient (Wildman–Crippen LogP) is 4.05. The standard InChI is InChI=1S/C19H14N2O3/c1-11-5-6-18-15(7-11)21-16-9-14(17(23)10-19(16)24-18)20-12-3-2-4-13(22)8-12/h2-10,20,22H,1H3. The van der Waals surface area contributed by atoms with Gasteiger partial charge in [0.25, 0.3) is 0 Å². The minimum absolute atomic E-state index is 0.128. The number of anilines is 2. The second-order valence-electron chi connectivity index (χ2n) is 5.68. The topological polar surface area (TPSA) is 75.4 Å². The fourth-order valence-electron chi connectivity index (χ4n) is 2.61. The van der Waals surface area contributed by atoms with E-state index in [1.807, 2.05) is 25.1 Å². The Labute approximate surface area is 137 Å². The number of phenols is 1. The molecule has 1 aliphatic heterocycles. The molecule has 0 fully saturated rings. The molecule has 2 aliphatic rings. The molecule has 1 aliphatic carbocycles. The SMILES string of the molecule is Cc1ccc2oc3cc(=O)c(Nc4cccc(O)c4)cc-3nc2c1. The number of fused-ring (bicyclic) bond motifs is 2. The Bertz CT molecular complexity index is 1090. The average Bonchev–Trinajstić information content (AvgIpc) is 2.54. The van der Waals surface area contributed by atoms with Crippen molar-refractivity contribution in [2.45, 2.75) is 6.92 Å². The van der Waals surface area contributed by atoms with Gasteiger partial charge in [-0.3, -0.25) is 4.79 Å². The van der Waals surface area contributed by atoms with E-state index < -0.39 is 0 Å². The number of nitrogens with zero attached hydrogens (tertiary/aromatic N) is 1. The van der Waals surface area contributed by atoms with Crippen LogP contribution in [0.5, 0.6) is 5.75 Å². The highest BCUT2D eigenvalue weighted by Crippen LogP contribution is 2.27. The lowest BCUT2D eigenvalue weighted by atomic mass is 10.1. The molecule has 118 valence electrons. The number of benzene rings is 3. The molecule has 4 rings (SSSR count). The van der Waals surface area contributed by atoms with Gasteiger partial charge in [0.15, 0.2) is 11.3 Å². The number of rotatable bonds is 2. The third-order valence-corrected chi connectivity index (χ3v) is 3.76. The van der Waals surface area contributed by atoms with E-state index in [1.165, 1.54) is 6.07 Å².